The molecule has 1 fully saturated rings. The quantitative estimate of drug-likeness (QED) is 0.839. The van der Waals surface area contributed by atoms with Crippen LogP contribution >= 0.6 is 0 Å². The number of halogens is 1. The minimum Gasteiger partial charge on any atom is -0.391 e. The Balaban J connectivity index is 1.81. The third-order valence-electron chi connectivity index (χ3n) is 3.88. The maximum atomic E-state index is 13.3. The Bertz CT molecular complexity index is 388. The normalized spacial score (nSPS) is 17.9. The van der Waals surface area contributed by atoms with E-state index in [4.69, 9.17) is 0 Å². The minimum atomic E-state index is -0.337. The molecule has 1 atom stereocenters. The van der Waals surface area contributed by atoms with Gasteiger partial charge in [0.15, 0.2) is 0 Å². The highest BCUT2D eigenvalue weighted by Crippen LogP contribution is 2.28. The molecule has 3 heteroatoms. The van der Waals surface area contributed by atoms with Gasteiger partial charge in [-0.05, 0) is 31.4 Å². The standard InChI is InChI=1S/C15H22FNO/c1-11-14(16)7-4-8-15(11)17-10-13(18)9-12-5-2-3-6-12/h4,7-8,12-13,17-18H,2-3,5-6,9-10H2,1H3. The van der Waals surface area contributed by atoms with Gasteiger partial charge in [-0.3, -0.25) is 0 Å². The van der Waals surface area contributed by atoms with Crippen LogP contribution in [-0.2, 0) is 0 Å². The lowest BCUT2D eigenvalue weighted by molar-refractivity contribution is 0.155. The molecular formula is C15H22FNO. The van der Waals surface area contributed by atoms with Gasteiger partial charge in [0.1, 0.15) is 5.82 Å². The summed E-state index contributed by atoms with van der Waals surface area (Å²) in [6, 6.07) is 4.99. The highest BCUT2D eigenvalue weighted by atomic mass is 19.1. The Morgan fingerprint density at radius 1 is 1.39 bits per heavy atom. The molecule has 1 saturated carbocycles. The zero-order valence-electron chi connectivity index (χ0n) is 11.0. The van der Waals surface area contributed by atoms with Crippen molar-refractivity contribution >= 4 is 5.69 Å². The van der Waals surface area contributed by atoms with E-state index in [1.165, 1.54) is 31.7 Å². The molecule has 0 aromatic heterocycles. The van der Waals surface area contributed by atoms with Gasteiger partial charge in [0, 0.05) is 17.8 Å². The number of rotatable bonds is 5. The van der Waals surface area contributed by atoms with Crippen LogP contribution in [0.25, 0.3) is 0 Å². The van der Waals surface area contributed by atoms with Gasteiger partial charge in [0.05, 0.1) is 6.10 Å². The second-order valence-electron chi connectivity index (χ2n) is 5.33. The number of hydrogen-bond donors (Lipinski definition) is 2. The molecule has 0 aliphatic heterocycles. The van der Waals surface area contributed by atoms with Crippen LogP contribution < -0.4 is 5.32 Å². The molecule has 0 heterocycles. The monoisotopic (exact) mass is 251 g/mol. The van der Waals surface area contributed by atoms with Crippen molar-refractivity contribution in [3.05, 3.63) is 29.6 Å². The first-order valence-electron chi connectivity index (χ1n) is 6.84. The van der Waals surface area contributed by atoms with Gasteiger partial charge < -0.3 is 10.4 Å². The van der Waals surface area contributed by atoms with Crippen molar-refractivity contribution in [2.24, 2.45) is 5.92 Å². The van der Waals surface area contributed by atoms with Crippen LogP contribution in [0.5, 0.6) is 0 Å². The summed E-state index contributed by atoms with van der Waals surface area (Å²) in [6.45, 7) is 2.25. The van der Waals surface area contributed by atoms with Crippen LogP contribution in [0, 0.1) is 18.7 Å². The molecule has 1 aromatic rings. The fourth-order valence-electron chi connectivity index (χ4n) is 2.74. The summed E-state index contributed by atoms with van der Waals surface area (Å²) in [5.74, 6) is 0.473. The molecule has 1 aliphatic rings. The number of nitrogens with one attached hydrogen (secondary N) is 1. The fraction of sp³-hybridized carbons (Fsp3) is 0.600. The second kappa shape index (κ2) is 6.19. The Kier molecular flexibility index (Phi) is 4.59. The molecule has 100 valence electrons. The average Bonchev–Trinajstić information content (AvgIpc) is 2.84. The summed E-state index contributed by atoms with van der Waals surface area (Å²) in [5, 5.41) is 13.1. The van der Waals surface area contributed by atoms with E-state index in [1.807, 2.05) is 6.07 Å². The predicted molar refractivity (Wildman–Crippen MR) is 72.2 cm³/mol. The molecule has 0 spiro atoms. The maximum absolute atomic E-state index is 13.3. The summed E-state index contributed by atoms with van der Waals surface area (Å²) in [6.07, 6.45) is 5.62. The molecule has 18 heavy (non-hydrogen) atoms. The first-order valence-corrected chi connectivity index (χ1v) is 6.84. The first kappa shape index (κ1) is 13.3. The van der Waals surface area contributed by atoms with E-state index in [9.17, 15) is 9.50 Å². The van der Waals surface area contributed by atoms with E-state index in [2.05, 4.69) is 5.32 Å². The Labute approximate surface area is 108 Å². The highest BCUT2D eigenvalue weighted by Gasteiger charge is 2.18. The molecule has 0 radical (unpaired) electrons. The fourth-order valence-corrected chi connectivity index (χ4v) is 2.74. The van der Waals surface area contributed by atoms with Crippen LogP contribution in [0.1, 0.15) is 37.7 Å². The molecule has 0 bridgehead atoms. The van der Waals surface area contributed by atoms with Crippen molar-refractivity contribution in [2.75, 3.05) is 11.9 Å². The van der Waals surface area contributed by atoms with Crippen LogP contribution in [0.3, 0.4) is 0 Å². The molecular weight excluding hydrogens is 229 g/mol. The number of aliphatic hydroxyl groups is 1. The minimum absolute atomic E-state index is 0.203. The van der Waals surface area contributed by atoms with Gasteiger partial charge in [-0.25, -0.2) is 4.39 Å². The van der Waals surface area contributed by atoms with Crippen LogP contribution in [0.15, 0.2) is 18.2 Å². The number of hydrogen-bond acceptors (Lipinski definition) is 2. The topological polar surface area (TPSA) is 32.3 Å². The Hall–Kier alpha value is -1.09. The predicted octanol–water partition coefficient (Wildman–Crippen LogP) is 3.49. The van der Waals surface area contributed by atoms with E-state index in [-0.39, 0.29) is 11.9 Å². The molecule has 1 unspecified atom stereocenters. The van der Waals surface area contributed by atoms with Gasteiger partial charge in [-0.2, -0.15) is 0 Å². The second-order valence-corrected chi connectivity index (χ2v) is 5.33. The maximum Gasteiger partial charge on any atom is 0.128 e. The van der Waals surface area contributed by atoms with Gasteiger partial charge in [-0.1, -0.05) is 31.7 Å². The summed E-state index contributed by atoms with van der Waals surface area (Å²) < 4.78 is 13.3. The number of benzene rings is 1. The highest BCUT2D eigenvalue weighted by molar-refractivity contribution is 5.50. The van der Waals surface area contributed by atoms with E-state index in [0.29, 0.717) is 18.0 Å². The van der Waals surface area contributed by atoms with Crippen molar-refractivity contribution in [3.8, 4) is 0 Å². The zero-order valence-corrected chi connectivity index (χ0v) is 11.0. The number of aliphatic hydroxyl groups excluding tert-OH is 1. The molecule has 0 saturated heterocycles. The summed E-state index contributed by atoms with van der Waals surface area (Å²) >= 11 is 0. The summed E-state index contributed by atoms with van der Waals surface area (Å²) in [5.41, 5.74) is 1.39. The Morgan fingerprint density at radius 2 is 2.11 bits per heavy atom. The van der Waals surface area contributed by atoms with Gasteiger partial charge >= 0.3 is 0 Å². The van der Waals surface area contributed by atoms with Gasteiger partial charge in [0.2, 0.25) is 0 Å². The SMILES string of the molecule is Cc1c(F)cccc1NCC(O)CC1CCCC1. The smallest absolute Gasteiger partial charge is 0.128 e. The van der Waals surface area contributed by atoms with Crippen molar-refractivity contribution in [3.63, 3.8) is 0 Å². The molecule has 0 amide bonds. The lowest BCUT2D eigenvalue weighted by atomic mass is 10.00. The van der Waals surface area contributed by atoms with Crippen molar-refractivity contribution < 1.29 is 9.50 Å². The Morgan fingerprint density at radius 3 is 2.83 bits per heavy atom. The third-order valence-corrected chi connectivity index (χ3v) is 3.88. The molecule has 1 aliphatic carbocycles. The molecule has 1 aromatic carbocycles. The third kappa shape index (κ3) is 3.45. The molecule has 2 nitrogen and oxygen atoms in total. The van der Waals surface area contributed by atoms with Crippen LogP contribution in [-0.4, -0.2) is 17.8 Å². The van der Waals surface area contributed by atoms with Crippen molar-refractivity contribution in [2.45, 2.75) is 45.1 Å². The summed E-state index contributed by atoms with van der Waals surface area (Å²) in [4.78, 5) is 0. The van der Waals surface area contributed by atoms with Gasteiger partial charge in [-0.15, -0.1) is 0 Å². The van der Waals surface area contributed by atoms with E-state index in [0.717, 1.165) is 12.1 Å². The first-order chi connectivity index (χ1) is 8.66. The van der Waals surface area contributed by atoms with Crippen LogP contribution in [0.2, 0.25) is 0 Å². The molecule has 2 rings (SSSR count). The van der Waals surface area contributed by atoms with E-state index >= 15 is 0 Å². The lowest BCUT2D eigenvalue weighted by Gasteiger charge is -2.17. The van der Waals surface area contributed by atoms with Crippen LogP contribution in [0.4, 0.5) is 10.1 Å². The average molecular weight is 251 g/mol. The van der Waals surface area contributed by atoms with Crippen molar-refractivity contribution in [1.82, 2.24) is 0 Å². The zero-order chi connectivity index (χ0) is 13.0. The molecule has 2 N–H and O–H groups in total. The summed E-state index contributed by atoms with van der Waals surface area (Å²) in [7, 11) is 0. The lowest BCUT2D eigenvalue weighted by Crippen LogP contribution is -2.22. The van der Waals surface area contributed by atoms with Crippen molar-refractivity contribution in [1.29, 1.82) is 0 Å². The largest absolute Gasteiger partial charge is 0.391 e. The van der Waals surface area contributed by atoms with E-state index in [1.54, 1.807) is 13.0 Å². The van der Waals surface area contributed by atoms with Gasteiger partial charge in [0.25, 0.3) is 0 Å². The van der Waals surface area contributed by atoms with E-state index < -0.39 is 0 Å². The number of anilines is 1.